The van der Waals surface area contributed by atoms with Crippen molar-refractivity contribution in [1.82, 2.24) is 9.88 Å². The molecule has 0 bridgehead atoms. The number of carboxylic acid groups (broad SMARTS) is 1. The van der Waals surface area contributed by atoms with Crippen LogP contribution in [0.5, 0.6) is 0 Å². The van der Waals surface area contributed by atoms with E-state index in [4.69, 9.17) is 16.7 Å². The second-order valence-electron chi connectivity index (χ2n) is 5.27. The molecule has 1 amide bonds. The fraction of sp³-hybridized carbons (Fsp3) is 0.500. The van der Waals surface area contributed by atoms with Crippen molar-refractivity contribution in [3.63, 3.8) is 0 Å². The van der Waals surface area contributed by atoms with E-state index in [-0.39, 0.29) is 0 Å². The van der Waals surface area contributed by atoms with Crippen LogP contribution in [-0.4, -0.2) is 27.6 Å². The molecule has 1 atom stereocenters. The van der Waals surface area contributed by atoms with Gasteiger partial charge in [-0.15, -0.1) is 0 Å². The Morgan fingerprint density at radius 3 is 2.33 bits per heavy atom. The summed E-state index contributed by atoms with van der Waals surface area (Å²) < 4.78 is 1.55. The van der Waals surface area contributed by atoms with Crippen LogP contribution in [0.2, 0.25) is 5.02 Å². The first-order valence-corrected chi connectivity index (χ1v) is 5.86. The van der Waals surface area contributed by atoms with Gasteiger partial charge in [0.25, 0.3) is 5.91 Å². The molecule has 0 radical (unpaired) electrons. The normalized spacial score (nSPS) is 13.2. The van der Waals surface area contributed by atoms with Crippen LogP contribution in [-0.2, 0) is 11.8 Å². The number of aromatic nitrogens is 1. The number of aliphatic carboxylic acids is 1. The molecule has 1 aromatic heterocycles. The highest BCUT2D eigenvalue weighted by molar-refractivity contribution is 6.31. The maximum atomic E-state index is 12.0. The van der Waals surface area contributed by atoms with Crippen LogP contribution in [0.4, 0.5) is 0 Å². The molecule has 0 saturated heterocycles. The quantitative estimate of drug-likeness (QED) is 0.883. The molecule has 1 heterocycles. The Morgan fingerprint density at radius 2 is 2.00 bits per heavy atom. The number of nitrogens with zero attached hydrogens (tertiary/aromatic N) is 1. The van der Waals surface area contributed by atoms with Gasteiger partial charge in [-0.1, -0.05) is 32.4 Å². The monoisotopic (exact) mass is 272 g/mol. The van der Waals surface area contributed by atoms with Gasteiger partial charge in [-0.05, 0) is 11.5 Å². The van der Waals surface area contributed by atoms with E-state index in [0.29, 0.717) is 10.7 Å². The van der Waals surface area contributed by atoms with E-state index < -0.39 is 23.3 Å². The molecule has 0 aromatic carbocycles. The van der Waals surface area contributed by atoms with Crippen LogP contribution < -0.4 is 5.32 Å². The predicted octanol–water partition coefficient (Wildman–Crippen LogP) is 1.91. The van der Waals surface area contributed by atoms with Gasteiger partial charge >= 0.3 is 5.97 Å². The van der Waals surface area contributed by atoms with Crippen LogP contribution in [0.15, 0.2) is 12.3 Å². The first-order valence-electron chi connectivity index (χ1n) is 5.48. The smallest absolute Gasteiger partial charge is 0.326 e. The summed E-state index contributed by atoms with van der Waals surface area (Å²) in [5.41, 5.74) is -0.244. The number of hydrogen-bond acceptors (Lipinski definition) is 2. The van der Waals surface area contributed by atoms with Crippen molar-refractivity contribution in [2.45, 2.75) is 26.8 Å². The van der Waals surface area contributed by atoms with Crippen molar-refractivity contribution in [3.05, 3.63) is 23.0 Å². The Bertz CT molecular complexity index is 474. The summed E-state index contributed by atoms with van der Waals surface area (Å²) in [5, 5.41) is 12.1. The average Bonchev–Trinajstić information content (AvgIpc) is 2.51. The van der Waals surface area contributed by atoms with E-state index in [0.717, 1.165) is 0 Å². The maximum absolute atomic E-state index is 12.0. The molecule has 0 unspecified atom stereocenters. The second kappa shape index (κ2) is 5.02. The highest BCUT2D eigenvalue weighted by Gasteiger charge is 2.33. The molecular weight excluding hydrogens is 256 g/mol. The zero-order valence-electron chi connectivity index (χ0n) is 10.8. The summed E-state index contributed by atoms with van der Waals surface area (Å²) in [6, 6.07) is 0.539. The molecule has 0 fully saturated rings. The van der Waals surface area contributed by atoms with Crippen molar-refractivity contribution >= 4 is 23.5 Å². The van der Waals surface area contributed by atoms with E-state index in [2.05, 4.69) is 5.32 Å². The molecule has 100 valence electrons. The first-order chi connectivity index (χ1) is 8.12. The number of nitrogens with one attached hydrogen (secondary N) is 1. The van der Waals surface area contributed by atoms with Crippen molar-refractivity contribution < 1.29 is 14.7 Å². The molecule has 5 nitrogen and oxygen atoms in total. The number of halogens is 1. The first kappa shape index (κ1) is 14.6. The molecule has 0 saturated carbocycles. The second-order valence-corrected chi connectivity index (χ2v) is 5.70. The SMILES string of the molecule is Cn1cc(Cl)cc1C(=O)N[C@@H](C(=O)O)C(C)(C)C. The molecule has 1 rings (SSSR count). The summed E-state index contributed by atoms with van der Waals surface area (Å²) in [7, 11) is 1.67. The molecule has 0 aliphatic heterocycles. The number of carbonyl (C=O) groups is 2. The van der Waals surface area contributed by atoms with Crippen molar-refractivity contribution in [2.24, 2.45) is 12.5 Å². The van der Waals surface area contributed by atoms with Gasteiger partial charge in [0.2, 0.25) is 0 Å². The van der Waals surface area contributed by atoms with Crippen LogP contribution >= 0.6 is 11.6 Å². The van der Waals surface area contributed by atoms with Crippen LogP contribution in [0.25, 0.3) is 0 Å². The van der Waals surface area contributed by atoms with E-state index in [1.54, 1.807) is 38.6 Å². The minimum atomic E-state index is -1.06. The number of hydrogen-bond donors (Lipinski definition) is 2. The standard InChI is InChI=1S/C12H17ClN2O3/c1-12(2,3)9(11(17)18)14-10(16)8-5-7(13)6-15(8)4/h5-6,9H,1-4H3,(H,14,16)(H,17,18)/t9-/m0/s1. The van der Waals surface area contributed by atoms with Crippen molar-refractivity contribution in [1.29, 1.82) is 0 Å². The Balaban J connectivity index is 2.93. The Labute approximate surface area is 111 Å². The molecule has 0 aliphatic rings. The van der Waals surface area contributed by atoms with E-state index >= 15 is 0 Å². The lowest BCUT2D eigenvalue weighted by Crippen LogP contribution is -2.49. The van der Waals surface area contributed by atoms with Gasteiger partial charge < -0.3 is 15.0 Å². The van der Waals surface area contributed by atoms with E-state index in [1.807, 2.05) is 0 Å². The molecule has 6 heteroatoms. The number of rotatable bonds is 3. The summed E-state index contributed by atoms with van der Waals surface area (Å²) >= 11 is 5.78. The fourth-order valence-corrected chi connectivity index (χ4v) is 1.85. The van der Waals surface area contributed by atoms with Crippen LogP contribution in [0.3, 0.4) is 0 Å². The lowest BCUT2D eigenvalue weighted by atomic mass is 9.86. The predicted molar refractivity (Wildman–Crippen MR) is 68.8 cm³/mol. The fourth-order valence-electron chi connectivity index (χ4n) is 1.60. The summed E-state index contributed by atoms with van der Waals surface area (Å²) in [6.45, 7) is 5.26. The van der Waals surface area contributed by atoms with Gasteiger partial charge in [0, 0.05) is 13.2 Å². The number of carboxylic acids is 1. The third-order valence-corrected chi connectivity index (χ3v) is 2.80. The maximum Gasteiger partial charge on any atom is 0.326 e. The highest BCUT2D eigenvalue weighted by Crippen LogP contribution is 2.20. The average molecular weight is 273 g/mol. The zero-order valence-corrected chi connectivity index (χ0v) is 11.6. The number of carbonyl (C=O) groups excluding carboxylic acids is 1. The minimum Gasteiger partial charge on any atom is -0.480 e. The molecule has 1 aromatic rings. The molecular formula is C12H17ClN2O3. The molecule has 18 heavy (non-hydrogen) atoms. The highest BCUT2D eigenvalue weighted by atomic mass is 35.5. The van der Waals surface area contributed by atoms with Gasteiger partial charge in [-0.3, -0.25) is 4.79 Å². The largest absolute Gasteiger partial charge is 0.480 e. The lowest BCUT2D eigenvalue weighted by molar-refractivity contribution is -0.142. The third kappa shape index (κ3) is 3.26. The lowest BCUT2D eigenvalue weighted by Gasteiger charge is -2.27. The van der Waals surface area contributed by atoms with Gasteiger partial charge in [-0.25, -0.2) is 4.79 Å². The van der Waals surface area contributed by atoms with Gasteiger partial charge in [0.1, 0.15) is 11.7 Å². The number of amides is 1. The Hall–Kier alpha value is -1.49. The van der Waals surface area contributed by atoms with Gasteiger partial charge in [0.05, 0.1) is 5.02 Å². The van der Waals surface area contributed by atoms with Crippen molar-refractivity contribution in [3.8, 4) is 0 Å². The van der Waals surface area contributed by atoms with Gasteiger partial charge in [-0.2, -0.15) is 0 Å². The van der Waals surface area contributed by atoms with Crippen LogP contribution in [0.1, 0.15) is 31.3 Å². The van der Waals surface area contributed by atoms with Crippen molar-refractivity contribution in [2.75, 3.05) is 0 Å². The minimum absolute atomic E-state index is 0.329. The molecule has 0 aliphatic carbocycles. The molecule has 0 spiro atoms. The zero-order chi connectivity index (χ0) is 14.1. The van der Waals surface area contributed by atoms with E-state index in [9.17, 15) is 9.59 Å². The van der Waals surface area contributed by atoms with Gasteiger partial charge in [0.15, 0.2) is 0 Å². The topological polar surface area (TPSA) is 71.3 Å². The summed E-state index contributed by atoms with van der Waals surface area (Å²) in [6.07, 6.45) is 1.59. The Morgan fingerprint density at radius 1 is 1.44 bits per heavy atom. The summed E-state index contributed by atoms with van der Waals surface area (Å²) in [4.78, 5) is 23.1. The molecule has 2 N–H and O–H groups in total. The van der Waals surface area contributed by atoms with E-state index in [1.165, 1.54) is 6.07 Å². The van der Waals surface area contributed by atoms with Crippen LogP contribution in [0, 0.1) is 5.41 Å². The third-order valence-electron chi connectivity index (χ3n) is 2.59. The Kier molecular flexibility index (Phi) is 4.06. The summed E-state index contributed by atoms with van der Waals surface area (Å²) in [5.74, 6) is -1.51. The number of aryl methyl sites for hydroxylation is 1.